The van der Waals surface area contributed by atoms with Crippen molar-refractivity contribution in [2.45, 2.75) is 31.4 Å². The molecule has 1 atom stereocenters. The number of hydrogen-bond donors (Lipinski definition) is 2. The van der Waals surface area contributed by atoms with Crippen LogP contribution in [0, 0.1) is 0 Å². The smallest absolute Gasteiger partial charge is 0.233 e. The van der Waals surface area contributed by atoms with Gasteiger partial charge >= 0.3 is 0 Å². The number of carbonyl (C=O) groups excluding carboxylic acids is 3. The van der Waals surface area contributed by atoms with Crippen molar-refractivity contribution >= 4 is 29.9 Å². The molecule has 0 heterocycles. The predicted octanol–water partition coefficient (Wildman–Crippen LogP) is 0.406. The highest BCUT2D eigenvalue weighted by Crippen LogP contribution is 2.13. The lowest BCUT2D eigenvalue weighted by molar-refractivity contribution is -0.123. The van der Waals surface area contributed by atoms with Gasteiger partial charge in [0.25, 0.3) is 0 Å². The molecule has 9 nitrogen and oxygen atoms in total. The van der Waals surface area contributed by atoms with E-state index in [1.807, 2.05) is 6.92 Å². The van der Waals surface area contributed by atoms with Crippen LogP contribution in [0.2, 0.25) is 0 Å². The van der Waals surface area contributed by atoms with Crippen LogP contribution in [0.5, 0.6) is 0 Å². The zero-order chi connectivity index (χ0) is 21.6. The summed E-state index contributed by atoms with van der Waals surface area (Å²) in [7, 11) is 1.63. The van der Waals surface area contributed by atoms with Gasteiger partial charge in [0.05, 0.1) is 51.5 Å². The highest BCUT2D eigenvalue weighted by atomic mass is 32.2. The number of carbonyl (C=O) groups is 3. The van der Waals surface area contributed by atoms with Gasteiger partial charge in [0.15, 0.2) is 0 Å². The van der Waals surface area contributed by atoms with E-state index in [9.17, 15) is 14.4 Å². The van der Waals surface area contributed by atoms with E-state index in [1.165, 1.54) is 11.8 Å². The lowest BCUT2D eigenvalue weighted by Gasteiger charge is -2.13. The second-order valence-corrected chi connectivity index (χ2v) is 7.40. The van der Waals surface area contributed by atoms with E-state index in [-0.39, 0.29) is 23.5 Å². The quantitative estimate of drug-likeness (QED) is 0.197. The van der Waals surface area contributed by atoms with Gasteiger partial charge in [-0.2, -0.15) is 0 Å². The molecule has 0 fully saturated rings. The van der Waals surface area contributed by atoms with Crippen molar-refractivity contribution < 1.29 is 33.3 Å². The van der Waals surface area contributed by atoms with Gasteiger partial charge in [0, 0.05) is 33.0 Å². The van der Waals surface area contributed by atoms with E-state index >= 15 is 0 Å². The summed E-state index contributed by atoms with van der Waals surface area (Å²) in [6.07, 6.45) is 1.83. The van der Waals surface area contributed by atoms with Gasteiger partial charge in [-0.3, -0.25) is 9.59 Å². The van der Waals surface area contributed by atoms with Crippen LogP contribution in [-0.2, 0) is 33.3 Å². The Labute approximate surface area is 177 Å². The third-order valence-electron chi connectivity index (χ3n) is 3.59. The number of methoxy groups -OCH3 is 1. The monoisotopic (exact) mass is 436 g/mol. The summed E-state index contributed by atoms with van der Waals surface area (Å²) < 4.78 is 20.8. The van der Waals surface area contributed by atoms with Crippen LogP contribution in [0.4, 0.5) is 0 Å². The molecule has 170 valence electrons. The number of aldehydes is 1. The SMILES string of the molecule is CCSC(CC=O)C(=O)NCCCC(=O)NCCOCCOCCOCCOC. The summed E-state index contributed by atoms with van der Waals surface area (Å²) in [5.41, 5.74) is 0. The number of hydrogen-bond acceptors (Lipinski definition) is 8. The van der Waals surface area contributed by atoms with Gasteiger partial charge in [-0.25, -0.2) is 0 Å². The first-order chi connectivity index (χ1) is 14.2. The van der Waals surface area contributed by atoms with Crippen molar-refractivity contribution in [2.24, 2.45) is 0 Å². The Kier molecular flexibility index (Phi) is 20.6. The van der Waals surface area contributed by atoms with Crippen molar-refractivity contribution in [2.75, 3.05) is 72.2 Å². The minimum atomic E-state index is -0.351. The Balaban J connectivity index is 3.46. The summed E-state index contributed by atoms with van der Waals surface area (Å²) in [4.78, 5) is 34.3. The number of amides is 2. The molecule has 0 saturated carbocycles. The van der Waals surface area contributed by atoms with E-state index in [0.29, 0.717) is 72.2 Å². The van der Waals surface area contributed by atoms with Crippen LogP contribution < -0.4 is 10.6 Å². The van der Waals surface area contributed by atoms with Gasteiger partial charge < -0.3 is 34.4 Å². The lowest BCUT2D eigenvalue weighted by Crippen LogP contribution is -2.34. The van der Waals surface area contributed by atoms with Crippen LogP contribution in [0.1, 0.15) is 26.2 Å². The molecule has 0 aliphatic rings. The molecule has 0 rings (SSSR count). The maximum Gasteiger partial charge on any atom is 0.233 e. The standard InChI is InChI=1S/C19H36N2O7S/c1-3-29-17(6-9-22)19(24)21-7-4-5-18(23)20-8-10-26-13-14-28-16-15-27-12-11-25-2/h9,17H,3-8,10-16H2,1-2H3,(H,20,23)(H,21,24). The third-order valence-corrected chi connectivity index (χ3v) is 4.74. The second-order valence-electron chi connectivity index (χ2n) is 5.92. The number of nitrogens with one attached hydrogen (secondary N) is 2. The average Bonchev–Trinajstić information content (AvgIpc) is 2.71. The summed E-state index contributed by atoms with van der Waals surface area (Å²) in [6.45, 7) is 6.29. The van der Waals surface area contributed by atoms with Gasteiger partial charge in [-0.1, -0.05) is 6.92 Å². The van der Waals surface area contributed by atoms with Crippen molar-refractivity contribution in [3.8, 4) is 0 Å². The molecule has 2 amide bonds. The summed E-state index contributed by atoms with van der Waals surface area (Å²) in [5.74, 6) is 0.535. The fourth-order valence-electron chi connectivity index (χ4n) is 2.15. The number of rotatable bonds is 21. The van der Waals surface area contributed by atoms with E-state index in [0.717, 1.165) is 12.0 Å². The van der Waals surface area contributed by atoms with E-state index in [1.54, 1.807) is 7.11 Å². The molecule has 0 aromatic heterocycles. The molecule has 1 unspecified atom stereocenters. The van der Waals surface area contributed by atoms with Crippen molar-refractivity contribution in [1.29, 1.82) is 0 Å². The van der Waals surface area contributed by atoms with Gasteiger partial charge in [-0.05, 0) is 12.2 Å². The summed E-state index contributed by atoms with van der Waals surface area (Å²) in [6, 6.07) is 0. The summed E-state index contributed by atoms with van der Waals surface area (Å²) in [5, 5.41) is 5.18. The highest BCUT2D eigenvalue weighted by Gasteiger charge is 2.17. The Bertz CT molecular complexity index is 427. The Morgan fingerprint density at radius 3 is 2.14 bits per heavy atom. The van der Waals surface area contributed by atoms with Gasteiger partial charge in [0.2, 0.25) is 11.8 Å². The normalized spacial score (nSPS) is 11.8. The van der Waals surface area contributed by atoms with Crippen LogP contribution >= 0.6 is 11.8 Å². The Hall–Kier alpha value is -1.20. The highest BCUT2D eigenvalue weighted by molar-refractivity contribution is 8.00. The molecular formula is C19H36N2O7S. The van der Waals surface area contributed by atoms with Crippen molar-refractivity contribution in [3.63, 3.8) is 0 Å². The Morgan fingerprint density at radius 1 is 0.931 bits per heavy atom. The first-order valence-electron chi connectivity index (χ1n) is 9.97. The molecule has 0 aliphatic heterocycles. The molecule has 29 heavy (non-hydrogen) atoms. The van der Waals surface area contributed by atoms with Crippen LogP contribution in [0.3, 0.4) is 0 Å². The molecule has 0 aliphatic carbocycles. The van der Waals surface area contributed by atoms with Gasteiger partial charge in [0.1, 0.15) is 6.29 Å². The maximum atomic E-state index is 11.9. The van der Waals surface area contributed by atoms with Crippen LogP contribution in [0.15, 0.2) is 0 Å². The maximum absolute atomic E-state index is 11.9. The second kappa shape index (κ2) is 21.5. The fraction of sp³-hybridized carbons (Fsp3) is 0.842. The van der Waals surface area contributed by atoms with Gasteiger partial charge in [-0.15, -0.1) is 11.8 Å². The summed E-state index contributed by atoms with van der Waals surface area (Å²) >= 11 is 1.44. The van der Waals surface area contributed by atoms with E-state index in [2.05, 4.69) is 10.6 Å². The predicted molar refractivity (Wildman–Crippen MR) is 112 cm³/mol. The van der Waals surface area contributed by atoms with Crippen LogP contribution in [0.25, 0.3) is 0 Å². The zero-order valence-electron chi connectivity index (χ0n) is 17.6. The first-order valence-corrected chi connectivity index (χ1v) is 11.0. The molecule has 0 aromatic rings. The van der Waals surface area contributed by atoms with E-state index < -0.39 is 0 Å². The number of ether oxygens (including phenoxy) is 4. The number of thioether (sulfide) groups is 1. The molecule has 0 spiro atoms. The minimum Gasteiger partial charge on any atom is -0.382 e. The molecule has 0 aromatic carbocycles. The Morgan fingerprint density at radius 2 is 1.55 bits per heavy atom. The topological polar surface area (TPSA) is 112 Å². The molecule has 0 radical (unpaired) electrons. The zero-order valence-corrected chi connectivity index (χ0v) is 18.4. The molecule has 10 heteroatoms. The van der Waals surface area contributed by atoms with Crippen molar-refractivity contribution in [3.05, 3.63) is 0 Å². The lowest BCUT2D eigenvalue weighted by atomic mass is 10.2. The molecular weight excluding hydrogens is 400 g/mol. The minimum absolute atomic E-state index is 0.0836. The largest absolute Gasteiger partial charge is 0.382 e. The van der Waals surface area contributed by atoms with Crippen molar-refractivity contribution in [1.82, 2.24) is 10.6 Å². The first kappa shape index (κ1) is 27.8. The third kappa shape index (κ3) is 18.6. The fourth-order valence-corrected chi connectivity index (χ4v) is 3.00. The molecule has 0 bridgehead atoms. The van der Waals surface area contributed by atoms with Crippen LogP contribution in [-0.4, -0.2) is 95.6 Å². The molecule has 0 saturated heterocycles. The molecule has 2 N–H and O–H groups in total. The average molecular weight is 437 g/mol. The van der Waals surface area contributed by atoms with E-state index in [4.69, 9.17) is 18.9 Å².